The van der Waals surface area contributed by atoms with Crippen molar-refractivity contribution in [1.29, 1.82) is 0 Å². The Kier molecular flexibility index (Phi) is 20.5. The number of imide groups is 1. The Morgan fingerprint density at radius 2 is 1.43 bits per heavy atom. The first-order chi connectivity index (χ1) is 27.7. The van der Waals surface area contributed by atoms with Crippen LogP contribution < -0.4 is 10.6 Å². The van der Waals surface area contributed by atoms with Crippen molar-refractivity contribution in [3.8, 4) is 11.1 Å². The van der Waals surface area contributed by atoms with Gasteiger partial charge in [-0.1, -0.05) is 55.0 Å². The lowest BCUT2D eigenvalue weighted by Crippen LogP contribution is -2.35. The molecule has 2 aromatic carbocycles. The van der Waals surface area contributed by atoms with E-state index in [4.69, 9.17) is 35.9 Å². The van der Waals surface area contributed by atoms with Crippen LogP contribution in [0.3, 0.4) is 0 Å². The molecule has 314 valence electrons. The molecule has 0 bridgehead atoms. The standard InChI is InChI=1S/C25H38N3O9PS.C16H14O3/c1-25(2,3)37-23(33)16-18(24(34)38-39)6-4-5-10-26-20(30)17-36-15-14-35-13-11-27-19(29)9-12-28-21(31)7-8-22(28)32;17-9-16(18)19-10-15-13-7-3-1-5-11(13)12-6-2-4-8-14(12)15/h7-8,18H,4-6,9-17H2,1-3H3,(H,26,30)(H,27,29);1-8,15,17H,9-10H2. The lowest BCUT2D eigenvalue weighted by atomic mass is 9.98. The highest BCUT2D eigenvalue weighted by Crippen LogP contribution is 2.44. The number of aliphatic hydroxyl groups is 1. The van der Waals surface area contributed by atoms with Crippen molar-refractivity contribution in [3.05, 3.63) is 71.8 Å². The zero-order chi connectivity index (χ0) is 42.5. The van der Waals surface area contributed by atoms with Gasteiger partial charge in [-0.2, -0.15) is 0 Å². The molecule has 1 aliphatic carbocycles. The minimum atomic E-state index is -0.619. The second-order valence-electron chi connectivity index (χ2n) is 14.3. The van der Waals surface area contributed by atoms with Crippen molar-refractivity contribution in [2.45, 2.75) is 64.4 Å². The minimum Gasteiger partial charge on any atom is -0.463 e. The molecule has 0 radical (unpaired) electrons. The van der Waals surface area contributed by atoms with E-state index < -0.39 is 41.9 Å². The summed E-state index contributed by atoms with van der Waals surface area (Å²) in [5.41, 5.74) is 3.95. The smallest absolute Gasteiger partial charge is 0.331 e. The van der Waals surface area contributed by atoms with E-state index in [0.717, 1.165) is 4.90 Å². The average Bonchev–Trinajstić information content (AvgIpc) is 3.70. The van der Waals surface area contributed by atoms with E-state index in [1.54, 1.807) is 20.8 Å². The minimum absolute atomic E-state index is 0.00459. The number of ether oxygens (including phenoxy) is 4. The topological polar surface area (TPSA) is 204 Å². The van der Waals surface area contributed by atoms with E-state index in [2.05, 4.69) is 34.9 Å². The lowest BCUT2D eigenvalue weighted by molar-refractivity contribution is -0.156. The summed E-state index contributed by atoms with van der Waals surface area (Å²) in [5.74, 6) is -2.87. The molecular weight excluding hydrogens is 790 g/mol. The summed E-state index contributed by atoms with van der Waals surface area (Å²) in [7, 11) is 0.193. The third-order valence-electron chi connectivity index (χ3n) is 8.71. The number of nitrogens with zero attached hydrogens (tertiary/aromatic N) is 1. The first-order valence-corrected chi connectivity index (χ1v) is 20.9. The first kappa shape index (κ1) is 47.6. The van der Waals surface area contributed by atoms with Gasteiger partial charge in [-0.25, -0.2) is 4.79 Å². The Hall–Kier alpha value is -4.73. The predicted molar refractivity (Wildman–Crippen MR) is 217 cm³/mol. The fourth-order valence-electron chi connectivity index (χ4n) is 6.03. The highest BCUT2D eigenvalue weighted by Gasteiger charge is 2.29. The Morgan fingerprint density at radius 3 is 2.03 bits per heavy atom. The summed E-state index contributed by atoms with van der Waals surface area (Å²) in [6.45, 7) is 6.24. The molecule has 1 heterocycles. The third kappa shape index (κ3) is 16.6. The quantitative estimate of drug-likeness (QED) is 0.0637. The molecule has 1 unspecified atom stereocenters. The molecule has 0 spiro atoms. The van der Waals surface area contributed by atoms with Gasteiger partial charge in [0.05, 0.1) is 33.6 Å². The highest BCUT2D eigenvalue weighted by molar-refractivity contribution is 8.03. The second-order valence-corrected chi connectivity index (χ2v) is 15.4. The SMILES string of the molecule is CC(C)(C)OC(=O)CC(CCCCNC(=O)COCCOCCNC(=O)CCN1C(=O)C=CC1=O)C(=O)P=S.O=C(CO)OCC1c2ccccc2-c2ccccc21. The molecule has 3 N–H and O–H groups in total. The number of carbonyl (C=O) groups excluding carboxylic acids is 7. The molecule has 4 rings (SSSR count). The number of rotatable bonds is 23. The number of fused-ring (bicyclic) bond motifs is 3. The molecule has 1 aliphatic heterocycles. The number of hydrogen-bond donors (Lipinski definition) is 3. The summed E-state index contributed by atoms with van der Waals surface area (Å²) in [6, 6.07) is 16.3. The number of amides is 4. The van der Waals surface area contributed by atoms with E-state index in [1.807, 2.05) is 24.3 Å². The largest absolute Gasteiger partial charge is 0.463 e. The van der Waals surface area contributed by atoms with Gasteiger partial charge in [0.15, 0.2) is 5.52 Å². The zero-order valence-electron chi connectivity index (χ0n) is 33.1. The number of nitrogens with one attached hydrogen (secondary N) is 2. The van der Waals surface area contributed by atoms with Gasteiger partial charge in [0.2, 0.25) is 11.8 Å². The van der Waals surface area contributed by atoms with Crippen molar-refractivity contribution in [3.63, 3.8) is 0 Å². The summed E-state index contributed by atoms with van der Waals surface area (Å²) < 4.78 is 21.0. The van der Waals surface area contributed by atoms with E-state index in [0.29, 0.717) is 25.8 Å². The Labute approximate surface area is 345 Å². The summed E-state index contributed by atoms with van der Waals surface area (Å²) >= 11 is 4.83. The van der Waals surface area contributed by atoms with Gasteiger partial charge in [0.25, 0.3) is 11.8 Å². The molecule has 0 aromatic heterocycles. The summed E-state index contributed by atoms with van der Waals surface area (Å²) in [5, 5.41) is 14.1. The fourth-order valence-corrected chi connectivity index (χ4v) is 6.84. The van der Waals surface area contributed by atoms with E-state index in [-0.39, 0.29) is 89.6 Å². The monoisotopic (exact) mass is 841 g/mol. The fraction of sp³-hybridized carbons (Fsp3) is 0.488. The normalized spacial score (nSPS) is 13.6. The van der Waals surface area contributed by atoms with E-state index in [1.165, 1.54) is 34.4 Å². The molecule has 15 nitrogen and oxygen atoms in total. The van der Waals surface area contributed by atoms with Crippen LogP contribution in [0, 0.1) is 5.92 Å². The van der Waals surface area contributed by atoms with Crippen LogP contribution in [0.1, 0.15) is 69.9 Å². The number of hydrogen-bond acceptors (Lipinski definition) is 13. The number of carbonyl (C=O) groups is 7. The lowest BCUT2D eigenvalue weighted by Gasteiger charge is -2.21. The Bertz CT molecular complexity index is 1730. The van der Waals surface area contributed by atoms with Crippen molar-refractivity contribution >= 4 is 60.3 Å². The van der Waals surface area contributed by atoms with Gasteiger partial charge in [-0.15, -0.1) is 0 Å². The first-order valence-electron chi connectivity index (χ1n) is 19.0. The number of unbranched alkanes of at least 4 members (excludes halogenated alkanes) is 1. The van der Waals surface area contributed by atoms with Gasteiger partial charge < -0.3 is 34.7 Å². The predicted octanol–water partition coefficient (Wildman–Crippen LogP) is 3.35. The van der Waals surface area contributed by atoms with Gasteiger partial charge in [-0.3, -0.25) is 33.7 Å². The van der Waals surface area contributed by atoms with Crippen molar-refractivity contribution in [2.24, 2.45) is 5.92 Å². The molecule has 17 heteroatoms. The number of aliphatic hydroxyl groups excluding tert-OH is 1. The Balaban J connectivity index is 0.000000389. The molecule has 2 aromatic rings. The van der Waals surface area contributed by atoms with Crippen LogP contribution in [0.25, 0.3) is 11.1 Å². The van der Waals surface area contributed by atoms with Crippen LogP contribution in [0.2, 0.25) is 0 Å². The van der Waals surface area contributed by atoms with Crippen LogP contribution in [0.4, 0.5) is 0 Å². The van der Waals surface area contributed by atoms with E-state index >= 15 is 0 Å². The molecule has 58 heavy (non-hydrogen) atoms. The number of esters is 2. The maximum atomic E-state index is 12.1. The van der Waals surface area contributed by atoms with Gasteiger partial charge in [-0.05, 0) is 67.7 Å². The average molecular weight is 842 g/mol. The van der Waals surface area contributed by atoms with Crippen LogP contribution in [-0.4, -0.2) is 116 Å². The molecule has 0 fully saturated rings. The van der Waals surface area contributed by atoms with Crippen LogP contribution in [0.5, 0.6) is 0 Å². The van der Waals surface area contributed by atoms with Crippen LogP contribution in [0.15, 0.2) is 60.7 Å². The Morgan fingerprint density at radius 1 is 0.828 bits per heavy atom. The van der Waals surface area contributed by atoms with Crippen molar-refractivity contribution < 1.29 is 57.6 Å². The van der Waals surface area contributed by atoms with Gasteiger partial charge >= 0.3 is 11.9 Å². The third-order valence-corrected chi connectivity index (χ3v) is 9.80. The summed E-state index contributed by atoms with van der Waals surface area (Å²) in [4.78, 5) is 82.7. The van der Waals surface area contributed by atoms with Crippen molar-refractivity contribution in [1.82, 2.24) is 15.5 Å². The summed E-state index contributed by atoms with van der Waals surface area (Å²) in [6.07, 6.45) is 4.10. The second kappa shape index (κ2) is 24.9. The van der Waals surface area contributed by atoms with Crippen LogP contribution in [-0.2, 0) is 64.3 Å². The maximum Gasteiger partial charge on any atom is 0.331 e. The number of benzene rings is 2. The van der Waals surface area contributed by atoms with Gasteiger partial charge in [0.1, 0.15) is 25.4 Å². The maximum absolute atomic E-state index is 12.1. The van der Waals surface area contributed by atoms with E-state index in [9.17, 15) is 33.6 Å². The van der Waals surface area contributed by atoms with Crippen molar-refractivity contribution in [2.75, 3.05) is 59.3 Å². The molecule has 4 amide bonds. The molecule has 0 saturated carbocycles. The zero-order valence-corrected chi connectivity index (χ0v) is 34.8. The van der Waals surface area contributed by atoms with Crippen LogP contribution >= 0.6 is 7.36 Å². The molecule has 1 atom stereocenters. The molecular formula is C41H52N3O12PS. The van der Waals surface area contributed by atoms with Gasteiger partial charge in [0, 0.05) is 50.0 Å². The molecule has 2 aliphatic rings. The highest BCUT2D eigenvalue weighted by atomic mass is 32.4. The molecule has 0 saturated heterocycles.